The first-order valence-corrected chi connectivity index (χ1v) is 5.23. The lowest BCUT2D eigenvalue weighted by Gasteiger charge is -2.05. The van der Waals surface area contributed by atoms with Crippen molar-refractivity contribution in [2.24, 2.45) is 0 Å². The number of aromatic nitrogens is 2. The van der Waals surface area contributed by atoms with E-state index < -0.39 is 0 Å². The van der Waals surface area contributed by atoms with E-state index in [-0.39, 0.29) is 5.82 Å². The van der Waals surface area contributed by atoms with E-state index in [4.69, 9.17) is 5.73 Å². The van der Waals surface area contributed by atoms with Crippen LogP contribution in [0.3, 0.4) is 0 Å². The van der Waals surface area contributed by atoms with Gasteiger partial charge in [0.25, 0.3) is 0 Å². The lowest BCUT2D eigenvalue weighted by atomic mass is 10.2. The molecule has 0 aliphatic heterocycles. The molecule has 0 fully saturated rings. The normalized spacial score (nSPS) is 10.9. The molecule has 84 valence electrons. The van der Waals surface area contributed by atoms with Crippen LogP contribution in [-0.2, 0) is 0 Å². The van der Waals surface area contributed by atoms with Crippen LogP contribution in [0.2, 0.25) is 0 Å². The first-order valence-electron chi connectivity index (χ1n) is 5.23. The summed E-state index contributed by atoms with van der Waals surface area (Å²) < 4.78 is 15.0. The molecule has 0 saturated heterocycles. The Morgan fingerprint density at radius 2 is 1.94 bits per heavy atom. The number of fused-ring (bicyclic) bond motifs is 1. The number of para-hydroxylation sites is 1. The van der Waals surface area contributed by atoms with Gasteiger partial charge in [0, 0.05) is 11.1 Å². The standard InChI is InChI=1S/C13H10FN3/c14-10-5-11(15)7-12(6-10)17-13-4-2-1-3-9(13)8-16-17/h1-8H,15H2. The van der Waals surface area contributed by atoms with Crippen LogP contribution in [0, 0.1) is 5.82 Å². The molecular formula is C13H10FN3. The smallest absolute Gasteiger partial charge is 0.127 e. The van der Waals surface area contributed by atoms with Crippen LogP contribution in [0.1, 0.15) is 0 Å². The van der Waals surface area contributed by atoms with Gasteiger partial charge < -0.3 is 5.73 Å². The van der Waals surface area contributed by atoms with Crippen molar-refractivity contribution in [2.45, 2.75) is 0 Å². The van der Waals surface area contributed by atoms with Gasteiger partial charge in [0.05, 0.1) is 17.4 Å². The molecule has 1 heterocycles. The molecule has 0 amide bonds. The molecule has 2 N–H and O–H groups in total. The van der Waals surface area contributed by atoms with Gasteiger partial charge in [-0.3, -0.25) is 0 Å². The van der Waals surface area contributed by atoms with Crippen LogP contribution in [0.15, 0.2) is 48.7 Å². The molecule has 0 spiro atoms. The molecule has 3 nitrogen and oxygen atoms in total. The number of hydrogen-bond donors (Lipinski definition) is 1. The predicted molar refractivity (Wildman–Crippen MR) is 65.4 cm³/mol. The van der Waals surface area contributed by atoms with Crippen LogP contribution in [0.5, 0.6) is 0 Å². The van der Waals surface area contributed by atoms with E-state index >= 15 is 0 Å². The van der Waals surface area contributed by atoms with Crippen LogP contribution in [0.4, 0.5) is 10.1 Å². The summed E-state index contributed by atoms with van der Waals surface area (Å²) in [6.45, 7) is 0. The van der Waals surface area contributed by atoms with Gasteiger partial charge in [0.15, 0.2) is 0 Å². The number of nitrogen functional groups attached to an aromatic ring is 1. The number of nitrogens with zero attached hydrogens (tertiary/aromatic N) is 2. The quantitative estimate of drug-likeness (QED) is 0.649. The molecule has 3 rings (SSSR count). The lowest BCUT2D eigenvalue weighted by molar-refractivity contribution is 0.626. The molecule has 4 heteroatoms. The molecule has 0 atom stereocenters. The number of anilines is 1. The molecule has 0 unspecified atom stereocenters. The summed E-state index contributed by atoms with van der Waals surface area (Å²) in [4.78, 5) is 0. The van der Waals surface area contributed by atoms with Crippen molar-refractivity contribution < 1.29 is 4.39 Å². The third-order valence-corrected chi connectivity index (χ3v) is 2.63. The number of halogens is 1. The Bertz CT molecular complexity index is 668. The van der Waals surface area contributed by atoms with Crippen molar-refractivity contribution in [3.05, 3.63) is 54.5 Å². The molecule has 0 radical (unpaired) electrons. The molecule has 3 aromatic rings. The summed E-state index contributed by atoms with van der Waals surface area (Å²) in [5, 5.41) is 5.25. The van der Waals surface area contributed by atoms with Crippen LogP contribution in [0.25, 0.3) is 16.6 Å². The van der Waals surface area contributed by atoms with Gasteiger partial charge in [-0.15, -0.1) is 0 Å². The van der Waals surface area contributed by atoms with E-state index in [0.29, 0.717) is 11.4 Å². The average Bonchev–Trinajstić information content (AvgIpc) is 2.71. The minimum Gasteiger partial charge on any atom is -0.399 e. The first kappa shape index (κ1) is 9.84. The summed E-state index contributed by atoms with van der Waals surface area (Å²) in [5.41, 5.74) is 7.57. The van der Waals surface area contributed by atoms with Crippen LogP contribution in [-0.4, -0.2) is 9.78 Å². The molecule has 0 bridgehead atoms. The molecule has 0 aliphatic rings. The Balaban J connectivity index is 2.27. The molecule has 0 saturated carbocycles. The zero-order valence-electron chi connectivity index (χ0n) is 8.97. The monoisotopic (exact) mass is 227 g/mol. The minimum atomic E-state index is -0.361. The predicted octanol–water partition coefficient (Wildman–Crippen LogP) is 2.75. The largest absolute Gasteiger partial charge is 0.399 e. The highest BCUT2D eigenvalue weighted by atomic mass is 19.1. The Morgan fingerprint density at radius 3 is 2.76 bits per heavy atom. The second-order valence-corrected chi connectivity index (χ2v) is 3.86. The highest BCUT2D eigenvalue weighted by molar-refractivity contribution is 5.80. The van der Waals surface area contributed by atoms with Crippen molar-refractivity contribution in [1.29, 1.82) is 0 Å². The van der Waals surface area contributed by atoms with Gasteiger partial charge >= 0.3 is 0 Å². The highest BCUT2D eigenvalue weighted by Crippen LogP contribution is 2.20. The zero-order valence-corrected chi connectivity index (χ0v) is 8.97. The van der Waals surface area contributed by atoms with Gasteiger partial charge in [-0.05, 0) is 24.3 Å². The third kappa shape index (κ3) is 1.63. The summed E-state index contributed by atoms with van der Waals surface area (Å²) >= 11 is 0. The fourth-order valence-electron chi connectivity index (χ4n) is 1.90. The van der Waals surface area contributed by atoms with Crippen LogP contribution >= 0.6 is 0 Å². The summed E-state index contributed by atoms with van der Waals surface area (Å²) in [6.07, 6.45) is 1.75. The molecule has 17 heavy (non-hydrogen) atoms. The Labute approximate surface area is 97.3 Å². The summed E-state index contributed by atoms with van der Waals surface area (Å²) in [6, 6.07) is 12.1. The van der Waals surface area contributed by atoms with Gasteiger partial charge in [-0.1, -0.05) is 18.2 Å². The Hall–Kier alpha value is -2.36. The maximum absolute atomic E-state index is 13.3. The number of nitrogens with two attached hydrogens (primary N) is 1. The minimum absolute atomic E-state index is 0.361. The van der Waals surface area contributed by atoms with E-state index in [2.05, 4.69) is 5.10 Å². The third-order valence-electron chi connectivity index (χ3n) is 2.63. The molecule has 0 aliphatic carbocycles. The summed E-state index contributed by atoms with van der Waals surface area (Å²) in [5.74, 6) is -0.361. The Morgan fingerprint density at radius 1 is 1.12 bits per heavy atom. The topological polar surface area (TPSA) is 43.8 Å². The van der Waals surface area contributed by atoms with Crippen molar-refractivity contribution in [3.8, 4) is 5.69 Å². The Kier molecular flexibility index (Phi) is 2.08. The van der Waals surface area contributed by atoms with Gasteiger partial charge in [-0.2, -0.15) is 5.10 Å². The van der Waals surface area contributed by atoms with Gasteiger partial charge in [0.1, 0.15) is 5.82 Å². The molecule has 2 aromatic carbocycles. The van der Waals surface area contributed by atoms with E-state index in [0.717, 1.165) is 10.9 Å². The number of rotatable bonds is 1. The van der Waals surface area contributed by atoms with Crippen molar-refractivity contribution in [1.82, 2.24) is 9.78 Å². The second kappa shape index (κ2) is 3.59. The van der Waals surface area contributed by atoms with Crippen molar-refractivity contribution in [2.75, 3.05) is 5.73 Å². The number of benzene rings is 2. The fourth-order valence-corrected chi connectivity index (χ4v) is 1.90. The van der Waals surface area contributed by atoms with E-state index in [1.165, 1.54) is 12.1 Å². The van der Waals surface area contributed by atoms with Crippen molar-refractivity contribution >= 4 is 16.6 Å². The van der Waals surface area contributed by atoms with Crippen LogP contribution < -0.4 is 5.73 Å². The summed E-state index contributed by atoms with van der Waals surface area (Å²) in [7, 11) is 0. The van der Waals surface area contributed by atoms with E-state index in [9.17, 15) is 4.39 Å². The zero-order chi connectivity index (χ0) is 11.8. The first-order chi connectivity index (χ1) is 8.24. The maximum Gasteiger partial charge on any atom is 0.127 e. The van der Waals surface area contributed by atoms with Gasteiger partial charge in [0.2, 0.25) is 0 Å². The highest BCUT2D eigenvalue weighted by Gasteiger charge is 2.05. The average molecular weight is 227 g/mol. The lowest BCUT2D eigenvalue weighted by Crippen LogP contribution is -1.98. The number of hydrogen-bond acceptors (Lipinski definition) is 2. The SMILES string of the molecule is Nc1cc(F)cc(-n2ncc3ccccc32)c1. The fraction of sp³-hybridized carbons (Fsp3) is 0. The molecular weight excluding hydrogens is 217 g/mol. The van der Waals surface area contributed by atoms with Crippen molar-refractivity contribution in [3.63, 3.8) is 0 Å². The molecule has 1 aromatic heterocycles. The second-order valence-electron chi connectivity index (χ2n) is 3.86. The van der Waals surface area contributed by atoms with Gasteiger partial charge in [-0.25, -0.2) is 9.07 Å². The van der Waals surface area contributed by atoms with E-state index in [1.807, 2.05) is 24.3 Å². The van der Waals surface area contributed by atoms with E-state index in [1.54, 1.807) is 16.9 Å². The maximum atomic E-state index is 13.3.